The Kier molecular flexibility index (Phi) is 5.85. The minimum atomic E-state index is 0.855. The van der Waals surface area contributed by atoms with Gasteiger partial charge in [0.15, 0.2) is 0 Å². The van der Waals surface area contributed by atoms with Crippen LogP contribution in [0.15, 0.2) is 24.3 Å². The van der Waals surface area contributed by atoms with Gasteiger partial charge in [-0.05, 0) is 79.9 Å². The van der Waals surface area contributed by atoms with Crippen LogP contribution in [0.5, 0.6) is 0 Å². The van der Waals surface area contributed by atoms with Crippen LogP contribution in [0.25, 0.3) is 0 Å². The Hall–Kier alpha value is -0.490. The van der Waals surface area contributed by atoms with Gasteiger partial charge in [0, 0.05) is 5.02 Å². The van der Waals surface area contributed by atoms with Gasteiger partial charge in [0.1, 0.15) is 0 Å². The zero-order valence-corrected chi connectivity index (χ0v) is 14.8. The second kappa shape index (κ2) is 7.86. The van der Waals surface area contributed by atoms with Gasteiger partial charge in [-0.15, -0.1) is 0 Å². The average molecular weight is 319 g/mol. The molecule has 0 amide bonds. The first-order chi connectivity index (χ1) is 10.7. The fraction of sp³-hybridized carbons (Fsp3) is 0.714. The van der Waals surface area contributed by atoms with Crippen molar-refractivity contribution in [2.24, 2.45) is 23.7 Å². The molecule has 0 bridgehead atoms. The zero-order chi connectivity index (χ0) is 15.4. The summed E-state index contributed by atoms with van der Waals surface area (Å²) in [4.78, 5) is 0. The molecule has 1 aromatic carbocycles. The fourth-order valence-electron chi connectivity index (χ4n) is 5.04. The molecule has 1 aromatic rings. The molecule has 2 aliphatic carbocycles. The number of aryl methyl sites for hydroxylation is 1. The molecule has 3 rings (SSSR count). The van der Waals surface area contributed by atoms with Gasteiger partial charge in [0.05, 0.1) is 0 Å². The van der Waals surface area contributed by atoms with Crippen LogP contribution in [0.4, 0.5) is 0 Å². The van der Waals surface area contributed by atoms with E-state index in [4.69, 9.17) is 11.6 Å². The summed E-state index contributed by atoms with van der Waals surface area (Å²) in [5.74, 6) is 4.14. The van der Waals surface area contributed by atoms with Gasteiger partial charge < -0.3 is 0 Å². The van der Waals surface area contributed by atoms with Crippen LogP contribution in [0.3, 0.4) is 0 Å². The van der Waals surface area contributed by atoms with E-state index >= 15 is 0 Å². The predicted octanol–water partition coefficient (Wildman–Crippen LogP) is 6.91. The summed E-state index contributed by atoms with van der Waals surface area (Å²) < 4.78 is 0. The Morgan fingerprint density at radius 1 is 0.864 bits per heavy atom. The van der Waals surface area contributed by atoms with Crippen molar-refractivity contribution >= 4 is 11.6 Å². The first-order valence-corrected chi connectivity index (χ1v) is 9.86. The molecule has 1 heteroatoms. The first kappa shape index (κ1) is 16.4. The van der Waals surface area contributed by atoms with Crippen LogP contribution in [-0.2, 0) is 6.42 Å². The van der Waals surface area contributed by atoms with E-state index in [9.17, 15) is 0 Å². The van der Waals surface area contributed by atoms with E-state index in [0.717, 1.165) is 28.7 Å². The predicted molar refractivity (Wildman–Crippen MR) is 96.3 cm³/mol. The summed E-state index contributed by atoms with van der Waals surface area (Å²) in [5.41, 5.74) is 1.46. The molecule has 122 valence electrons. The Morgan fingerprint density at radius 3 is 2.05 bits per heavy atom. The molecule has 2 saturated carbocycles. The lowest BCUT2D eigenvalue weighted by Crippen LogP contribution is -2.31. The van der Waals surface area contributed by atoms with Crippen molar-refractivity contribution in [3.63, 3.8) is 0 Å². The quantitative estimate of drug-likeness (QED) is 0.553. The Bertz CT molecular complexity index is 449. The third kappa shape index (κ3) is 4.28. The lowest BCUT2D eigenvalue weighted by Gasteiger charge is -2.42. The minimum Gasteiger partial charge on any atom is -0.0843 e. The molecule has 0 nitrogen and oxygen atoms in total. The number of benzene rings is 1. The van der Waals surface area contributed by atoms with Gasteiger partial charge >= 0.3 is 0 Å². The van der Waals surface area contributed by atoms with Crippen molar-refractivity contribution in [2.45, 2.75) is 71.1 Å². The van der Waals surface area contributed by atoms with E-state index in [-0.39, 0.29) is 0 Å². The van der Waals surface area contributed by atoms with Gasteiger partial charge in [-0.2, -0.15) is 0 Å². The highest BCUT2D eigenvalue weighted by Gasteiger charge is 2.34. The topological polar surface area (TPSA) is 0 Å². The van der Waals surface area contributed by atoms with Gasteiger partial charge in [0.25, 0.3) is 0 Å². The number of halogens is 1. The lowest BCUT2D eigenvalue weighted by molar-refractivity contribution is 0.0921. The van der Waals surface area contributed by atoms with Crippen molar-refractivity contribution in [3.8, 4) is 0 Å². The van der Waals surface area contributed by atoms with E-state index < -0.39 is 0 Å². The first-order valence-electron chi connectivity index (χ1n) is 9.49. The lowest BCUT2D eigenvalue weighted by atomic mass is 9.63. The number of rotatable bonds is 5. The van der Waals surface area contributed by atoms with Crippen molar-refractivity contribution < 1.29 is 0 Å². The highest BCUT2D eigenvalue weighted by Crippen LogP contribution is 2.46. The Balaban J connectivity index is 1.45. The third-order valence-corrected chi connectivity index (χ3v) is 6.53. The Labute approximate surface area is 141 Å². The van der Waals surface area contributed by atoms with Crippen LogP contribution in [0, 0.1) is 23.7 Å². The molecule has 1 unspecified atom stereocenters. The van der Waals surface area contributed by atoms with Crippen LogP contribution >= 0.6 is 11.6 Å². The second-order valence-electron chi connectivity index (χ2n) is 7.83. The van der Waals surface area contributed by atoms with Crippen molar-refractivity contribution in [1.29, 1.82) is 0 Å². The maximum Gasteiger partial charge on any atom is 0.0406 e. The highest BCUT2D eigenvalue weighted by atomic mass is 35.5. The van der Waals surface area contributed by atoms with Crippen molar-refractivity contribution in [2.75, 3.05) is 0 Å². The van der Waals surface area contributed by atoms with E-state index in [1.165, 1.54) is 63.4 Å². The summed E-state index contributed by atoms with van der Waals surface area (Å²) in [6.45, 7) is 2.35. The molecule has 22 heavy (non-hydrogen) atoms. The van der Waals surface area contributed by atoms with Gasteiger partial charge in [-0.25, -0.2) is 0 Å². The van der Waals surface area contributed by atoms with Crippen LogP contribution in [0.2, 0.25) is 5.02 Å². The smallest absolute Gasteiger partial charge is 0.0406 e. The van der Waals surface area contributed by atoms with Gasteiger partial charge in [-0.3, -0.25) is 0 Å². The summed E-state index contributed by atoms with van der Waals surface area (Å²) >= 11 is 5.97. The SMILES string of the molecule is CCCC1CC[C@@H]2C[C@H](CCc3ccc(Cl)cc3)CC[C@@H]2C1. The summed E-state index contributed by atoms with van der Waals surface area (Å²) in [6, 6.07) is 8.46. The Morgan fingerprint density at radius 2 is 1.45 bits per heavy atom. The molecule has 4 atom stereocenters. The van der Waals surface area contributed by atoms with Crippen molar-refractivity contribution in [1.82, 2.24) is 0 Å². The van der Waals surface area contributed by atoms with Crippen LogP contribution < -0.4 is 0 Å². The zero-order valence-electron chi connectivity index (χ0n) is 14.1. The maximum absolute atomic E-state index is 5.97. The summed E-state index contributed by atoms with van der Waals surface area (Å²) in [5, 5.41) is 0.855. The molecular weight excluding hydrogens is 288 g/mol. The van der Waals surface area contributed by atoms with E-state index in [1.54, 1.807) is 6.42 Å². The maximum atomic E-state index is 5.97. The van der Waals surface area contributed by atoms with Gasteiger partial charge in [0.2, 0.25) is 0 Å². The molecule has 0 spiro atoms. The molecule has 2 fully saturated rings. The normalized spacial score (nSPS) is 31.7. The van der Waals surface area contributed by atoms with E-state index in [0.29, 0.717) is 0 Å². The van der Waals surface area contributed by atoms with Crippen molar-refractivity contribution in [3.05, 3.63) is 34.9 Å². The molecule has 0 saturated heterocycles. The largest absolute Gasteiger partial charge is 0.0843 e. The number of hydrogen-bond acceptors (Lipinski definition) is 0. The molecular formula is C21H31Cl. The molecule has 2 aliphatic rings. The number of hydrogen-bond donors (Lipinski definition) is 0. The minimum absolute atomic E-state index is 0.855. The van der Waals surface area contributed by atoms with Crippen LogP contribution in [0.1, 0.15) is 70.3 Å². The standard InChI is InChI=1S/C21H31Cl/c1-2-3-17-6-10-20-15-18(7-11-19(20)14-17)5-4-16-8-12-21(22)13-9-16/h8-9,12-13,17-20H,2-7,10-11,14-15H2,1H3/t17?,18-,19-,20-/m1/s1. The third-order valence-electron chi connectivity index (χ3n) is 6.28. The fourth-order valence-corrected chi connectivity index (χ4v) is 5.16. The number of fused-ring (bicyclic) bond motifs is 1. The monoisotopic (exact) mass is 318 g/mol. The average Bonchev–Trinajstić information content (AvgIpc) is 2.54. The molecule has 0 radical (unpaired) electrons. The highest BCUT2D eigenvalue weighted by molar-refractivity contribution is 6.30. The van der Waals surface area contributed by atoms with E-state index in [1.807, 2.05) is 12.1 Å². The van der Waals surface area contributed by atoms with Crippen LogP contribution in [-0.4, -0.2) is 0 Å². The molecule has 0 aromatic heterocycles. The summed E-state index contributed by atoms with van der Waals surface area (Å²) in [7, 11) is 0. The van der Waals surface area contributed by atoms with E-state index in [2.05, 4.69) is 19.1 Å². The molecule has 0 aliphatic heterocycles. The molecule has 0 N–H and O–H groups in total. The summed E-state index contributed by atoms with van der Waals surface area (Å²) in [6.07, 6.45) is 14.5. The second-order valence-corrected chi connectivity index (χ2v) is 8.27. The van der Waals surface area contributed by atoms with Gasteiger partial charge in [-0.1, -0.05) is 56.3 Å². The molecule has 0 heterocycles.